The summed E-state index contributed by atoms with van der Waals surface area (Å²) in [4.78, 5) is 25.1. The normalized spacial score (nSPS) is 17.7. The number of urea groups is 1. The number of hydrogen-bond donors (Lipinski definition) is 2. The highest BCUT2D eigenvalue weighted by Crippen LogP contribution is 2.21. The number of benzene rings is 1. The fourth-order valence-electron chi connectivity index (χ4n) is 2.75. The second kappa shape index (κ2) is 6.51. The van der Waals surface area contributed by atoms with E-state index >= 15 is 0 Å². The SMILES string of the molecule is O=C(O)C1CCCN(C(=O)Nc2ccccc2-n2cccn2)C1. The number of carboxylic acid groups (broad SMARTS) is 1. The molecule has 0 radical (unpaired) electrons. The lowest BCUT2D eigenvalue weighted by atomic mass is 9.99. The highest BCUT2D eigenvalue weighted by molar-refractivity contribution is 5.92. The molecular weight excluding hydrogens is 296 g/mol. The number of para-hydroxylation sites is 2. The van der Waals surface area contributed by atoms with E-state index in [2.05, 4.69) is 10.4 Å². The van der Waals surface area contributed by atoms with Crippen molar-refractivity contribution in [1.29, 1.82) is 0 Å². The number of carbonyl (C=O) groups excluding carboxylic acids is 1. The number of rotatable bonds is 3. The number of carboxylic acids is 1. The molecule has 2 aromatic rings. The summed E-state index contributed by atoms with van der Waals surface area (Å²) < 4.78 is 1.67. The monoisotopic (exact) mass is 314 g/mol. The van der Waals surface area contributed by atoms with Crippen LogP contribution in [0.15, 0.2) is 42.7 Å². The van der Waals surface area contributed by atoms with Gasteiger partial charge in [-0.05, 0) is 31.0 Å². The van der Waals surface area contributed by atoms with Crippen molar-refractivity contribution in [3.8, 4) is 5.69 Å². The van der Waals surface area contributed by atoms with Gasteiger partial charge in [-0.1, -0.05) is 12.1 Å². The topological polar surface area (TPSA) is 87.5 Å². The number of hydrogen-bond acceptors (Lipinski definition) is 3. The first-order valence-corrected chi connectivity index (χ1v) is 7.53. The molecule has 2 amide bonds. The van der Waals surface area contributed by atoms with Crippen LogP contribution in [0.4, 0.5) is 10.5 Å². The molecule has 0 aliphatic carbocycles. The van der Waals surface area contributed by atoms with E-state index in [-0.39, 0.29) is 12.6 Å². The summed E-state index contributed by atoms with van der Waals surface area (Å²) in [6.07, 6.45) is 4.78. The van der Waals surface area contributed by atoms with Gasteiger partial charge in [0.15, 0.2) is 0 Å². The summed E-state index contributed by atoms with van der Waals surface area (Å²) in [7, 11) is 0. The molecule has 1 unspecified atom stereocenters. The smallest absolute Gasteiger partial charge is 0.321 e. The summed E-state index contributed by atoms with van der Waals surface area (Å²) in [6.45, 7) is 0.810. The number of aromatic nitrogens is 2. The quantitative estimate of drug-likeness (QED) is 0.909. The second-order valence-corrected chi connectivity index (χ2v) is 5.52. The van der Waals surface area contributed by atoms with Crippen LogP contribution in [0.5, 0.6) is 0 Å². The van der Waals surface area contributed by atoms with Crippen molar-refractivity contribution in [2.75, 3.05) is 18.4 Å². The highest BCUT2D eigenvalue weighted by Gasteiger charge is 2.28. The third-order valence-corrected chi connectivity index (χ3v) is 3.95. The lowest BCUT2D eigenvalue weighted by molar-refractivity contribution is -0.143. The second-order valence-electron chi connectivity index (χ2n) is 5.52. The van der Waals surface area contributed by atoms with Gasteiger partial charge in [-0.15, -0.1) is 0 Å². The summed E-state index contributed by atoms with van der Waals surface area (Å²) in [6, 6.07) is 8.88. The Labute approximate surface area is 133 Å². The van der Waals surface area contributed by atoms with Gasteiger partial charge < -0.3 is 15.3 Å². The van der Waals surface area contributed by atoms with Crippen molar-refractivity contribution >= 4 is 17.7 Å². The number of anilines is 1. The number of nitrogens with one attached hydrogen (secondary N) is 1. The van der Waals surface area contributed by atoms with E-state index in [9.17, 15) is 9.59 Å². The standard InChI is InChI=1S/C16H18N4O3/c21-15(22)12-5-3-9-19(11-12)16(23)18-13-6-1-2-7-14(13)20-10-4-8-17-20/h1-2,4,6-8,10,12H,3,5,9,11H2,(H,18,23)(H,21,22). The lowest BCUT2D eigenvalue weighted by Crippen LogP contribution is -2.44. The van der Waals surface area contributed by atoms with Gasteiger partial charge in [0, 0.05) is 25.5 Å². The molecule has 0 spiro atoms. The molecule has 1 aromatic carbocycles. The van der Waals surface area contributed by atoms with Crippen LogP contribution in [0.2, 0.25) is 0 Å². The zero-order chi connectivity index (χ0) is 16.2. The molecule has 7 heteroatoms. The van der Waals surface area contributed by atoms with Gasteiger partial charge in [0.05, 0.1) is 17.3 Å². The lowest BCUT2D eigenvalue weighted by Gasteiger charge is -2.30. The Kier molecular flexibility index (Phi) is 4.27. The van der Waals surface area contributed by atoms with Gasteiger partial charge in [-0.25, -0.2) is 9.48 Å². The number of nitrogens with zero attached hydrogens (tertiary/aromatic N) is 3. The number of piperidine rings is 1. The summed E-state index contributed by atoms with van der Waals surface area (Å²) in [5.41, 5.74) is 1.40. The molecule has 1 aliphatic rings. The molecule has 120 valence electrons. The van der Waals surface area contributed by atoms with Crippen molar-refractivity contribution < 1.29 is 14.7 Å². The number of likely N-dealkylation sites (tertiary alicyclic amines) is 1. The van der Waals surface area contributed by atoms with Crippen LogP contribution < -0.4 is 5.32 Å². The van der Waals surface area contributed by atoms with Gasteiger partial charge in [-0.3, -0.25) is 4.79 Å². The van der Waals surface area contributed by atoms with E-state index in [4.69, 9.17) is 5.11 Å². The van der Waals surface area contributed by atoms with E-state index in [1.54, 1.807) is 34.1 Å². The van der Waals surface area contributed by atoms with E-state index < -0.39 is 11.9 Å². The minimum atomic E-state index is -0.848. The number of aliphatic carboxylic acids is 1. The molecule has 1 aromatic heterocycles. The average molecular weight is 314 g/mol. The van der Waals surface area contributed by atoms with Crippen molar-refractivity contribution in [2.45, 2.75) is 12.8 Å². The number of carbonyl (C=O) groups is 2. The van der Waals surface area contributed by atoms with Gasteiger partial charge in [-0.2, -0.15) is 5.10 Å². The van der Waals surface area contributed by atoms with Crippen LogP contribution in [0.25, 0.3) is 5.69 Å². The molecule has 1 aliphatic heterocycles. The Morgan fingerprint density at radius 3 is 2.83 bits per heavy atom. The molecule has 7 nitrogen and oxygen atoms in total. The Morgan fingerprint density at radius 2 is 2.09 bits per heavy atom. The van der Waals surface area contributed by atoms with E-state index in [1.165, 1.54) is 0 Å². The molecule has 3 rings (SSSR count). The van der Waals surface area contributed by atoms with Crippen LogP contribution >= 0.6 is 0 Å². The van der Waals surface area contributed by atoms with Crippen LogP contribution in [-0.2, 0) is 4.79 Å². The maximum absolute atomic E-state index is 12.4. The maximum Gasteiger partial charge on any atom is 0.321 e. The van der Waals surface area contributed by atoms with E-state index in [0.29, 0.717) is 25.1 Å². The molecule has 1 fully saturated rings. The van der Waals surface area contributed by atoms with E-state index in [1.807, 2.05) is 18.2 Å². The van der Waals surface area contributed by atoms with Crippen molar-refractivity contribution in [1.82, 2.24) is 14.7 Å². The zero-order valence-corrected chi connectivity index (χ0v) is 12.6. The van der Waals surface area contributed by atoms with Gasteiger partial charge in [0.25, 0.3) is 0 Å². The average Bonchev–Trinajstić information content (AvgIpc) is 3.09. The summed E-state index contributed by atoms with van der Waals surface area (Å²) >= 11 is 0. The Hall–Kier alpha value is -2.83. The zero-order valence-electron chi connectivity index (χ0n) is 12.6. The van der Waals surface area contributed by atoms with Crippen LogP contribution in [0.3, 0.4) is 0 Å². The van der Waals surface area contributed by atoms with Crippen molar-refractivity contribution in [3.63, 3.8) is 0 Å². The summed E-state index contributed by atoms with van der Waals surface area (Å²) in [5.74, 6) is -1.34. The van der Waals surface area contributed by atoms with Crippen LogP contribution in [0, 0.1) is 5.92 Å². The molecular formula is C16H18N4O3. The minimum absolute atomic E-state index is 0.241. The first-order valence-electron chi connectivity index (χ1n) is 7.53. The molecule has 2 N–H and O–H groups in total. The van der Waals surface area contributed by atoms with Gasteiger partial charge in [0.2, 0.25) is 0 Å². The Morgan fingerprint density at radius 1 is 1.26 bits per heavy atom. The number of amides is 2. The van der Waals surface area contributed by atoms with Crippen molar-refractivity contribution in [3.05, 3.63) is 42.7 Å². The van der Waals surface area contributed by atoms with Crippen molar-refractivity contribution in [2.24, 2.45) is 5.92 Å². The first kappa shape index (κ1) is 15.1. The van der Waals surface area contributed by atoms with Crippen LogP contribution in [0.1, 0.15) is 12.8 Å². The fraction of sp³-hybridized carbons (Fsp3) is 0.312. The molecule has 23 heavy (non-hydrogen) atoms. The summed E-state index contributed by atoms with van der Waals surface area (Å²) in [5, 5.41) is 16.2. The molecule has 1 atom stereocenters. The Bertz CT molecular complexity index is 699. The highest BCUT2D eigenvalue weighted by atomic mass is 16.4. The predicted molar refractivity (Wildman–Crippen MR) is 84.5 cm³/mol. The molecule has 2 heterocycles. The maximum atomic E-state index is 12.4. The molecule has 0 saturated carbocycles. The van der Waals surface area contributed by atoms with Crippen LogP contribution in [-0.4, -0.2) is 44.9 Å². The van der Waals surface area contributed by atoms with Gasteiger partial charge >= 0.3 is 12.0 Å². The third kappa shape index (κ3) is 3.33. The Balaban J connectivity index is 1.75. The molecule has 0 bridgehead atoms. The minimum Gasteiger partial charge on any atom is -0.481 e. The predicted octanol–water partition coefficient (Wildman–Crippen LogP) is 2.20. The fourth-order valence-corrected chi connectivity index (χ4v) is 2.75. The van der Waals surface area contributed by atoms with E-state index in [0.717, 1.165) is 5.69 Å². The molecule has 1 saturated heterocycles. The first-order chi connectivity index (χ1) is 11.1. The van der Waals surface area contributed by atoms with Gasteiger partial charge in [0.1, 0.15) is 0 Å². The largest absolute Gasteiger partial charge is 0.481 e. The third-order valence-electron chi connectivity index (χ3n) is 3.95.